The van der Waals surface area contributed by atoms with E-state index in [-0.39, 0.29) is 5.41 Å². The highest BCUT2D eigenvalue weighted by molar-refractivity contribution is 6.20. The number of aryl methyl sites for hydroxylation is 1. The molecule has 0 aliphatic rings. The topological polar surface area (TPSA) is 12.4 Å². The summed E-state index contributed by atoms with van der Waals surface area (Å²) in [6, 6.07) is 8.20. The summed E-state index contributed by atoms with van der Waals surface area (Å²) in [4.78, 5) is 4.57. The van der Waals surface area contributed by atoms with Crippen molar-refractivity contribution in [3.63, 3.8) is 0 Å². The third-order valence-electron chi connectivity index (χ3n) is 2.64. The molecule has 2 heteroatoms. The lowest BCUT2D eigenvalue weighted by atomic mass is 9.91. The third kappa shape index (κ3) is 3.35. The van der Waals surface area contributed by atoms with E-state index in [1.165, 1.54) is 5.56 Å². The number of rotatable bonds is 3. The molecule has 0 aliphatic heterocycles. The predicted molar refractivity (Wildman–Crippen MR) is 68.4 cm³/mol. The van der Waals surface area contributed by atoms with Gasteiger partial charge in [0, 0.05) is 17.0 Å². The van der Waals surface area contributed by atoms with Gasteiger partial charge in [0.05, 0.1) is 5.69 Å². The quantitative estimate of drug-likeness (QED) is 0.534. The Labute approximate surface area is 97.2 Å². The molecule has 1 rings (SSSR count). The Balaban J connectivity index is 2.92. The summed E-state index contributed by atoms with van der Waals surface area (Å²) in [7, 11) is 0. The number of halogens is 1. The van der Waals surface area contributed by atoms with E-state index < -0.39 is 0 Å². The first-order valence-corrected chi connectivity index (χ1v) is 5.67. The Kier molecular flexibility index (Phi) is 3.92. The standard InChI is InChI=1S/C13H18ClN/c1-10-5-7-12(8-6-10)15-11(2)13(3,4)9-14/h5-8H,9H2,1-4H3. The molecule has 82 valence electrons. The smallest absolute Gasteiger partial charge is 0.0629 e. The fourth-order valence-corrected chi connectivity index (χ4v) is 1.25. The van der Waals surface area contributed by atoms with Gasteiger partial charge in [-0.05, 0) is 26.0 Å². The van der Waals surface area contributed by atoms with Crippen LogP contribution in [-0.2, 0) is 0 Å². The van der Waals surface area contributed by atoms with Crippen molar-refractivity contribution >= 4 is 23.0 Å². The van der Waals surface area contributed by atoms with E-state index in [1.54, 1.807) is 0 Å². The molecule has 0 radical (unpaired) electrons. The number of benzene rings is 1. The fourth-order valence-electron chi connectivity index (χ4n) is 1.06. The Morgan fingerprint density at radius 1 is 1.27 bits per heavy atom. The molecule has 0 bridgehead atoms. The minimum absolute atomic E-state index is 0.0353. The van der Waals surface area contributed by atoms with Gasteiger partial charge >= 0.3 is 0 Å². The average Bonchev–Trinajstić information content (AvgIpc) is 2.21. The highest BCUT2D eigenvalue weighted by atomic mass is 35.5. The first-order chi connectivity index (χ1) is 6.95. The molecule has 0 fully saturated rings. The summed E-state index contributed by atoms with van der Waals surface area (Å²) in [5.41, 5.74) is 3.28. The normalized spacial score (nSPS) is 13.0. The van der Waals surface area contributed by atoms with Crippen molar-refractivity contribution in [3.8, 4) is 0 Å². The monoisotopic (exact) mass is 223 g/mol. The average molecular weight is 224 g/mol. The van der Waals surface area contributed by atoms with Crippen LogP contribution < -0.4 is 0 Å². The summed E-state index contributed by atoms with van der Waals surface area (Å²) < 4.78 is 0. The van der Waals surface area contributed by atoms with E-state index >= 15 is 0 Å². The summed E-state index contributed by atoms with van der Waals surface area (Å²) in [5, 5.41) is 0. The van der Waals surface area contributed by atoms with Crippen molar-refractivity contribution in [2.45, 2.75) is 27.7 Å². The van der Waals surface area contributed by atoms with Crippen molar-refractivity contribution in [1.29, 1.82) is 0 Å². The maximum atomic E-state index is 5.90. The third-order valence-corrected chi connectivity index (χ3v) is 3.31. The Bertz CT molecular complexity index is 349. The van der Waals surface area contributed by atoms with Gasteiger partial charge < -0.3 is 0 Å². The summed E-state index contributed by atoms with van der Waals surface area (Å²) in [6.07, 6.45) is 0. The van der Waals surface area contributed by atoms with Crippen molar-refractivity contribution in [2.75, 3.05) is 5.88 Å². The maximum Gasteiger partial charge on any atom is 0.0629 e. The van der Waals surface area contributed by atoms with Crippen LogP contribution in [0.5, 0.6) is 0 Å². The molecular formula is C13H18ClN. The number of hydrogen-bond acceptors (Lipinski definition) is 1. The Morgan fingerprint density at radius 2 is 1.80 bits per heavy atom. The van der Waals surface area contributed by atoms with Crippen molar-refractivity contribution in [1.82, 2.24) is 0 Å². The lowest BCUT2D eigenvalue weighted by molar-refractivity contribution is 0.596. The second-order valence-electron chi connectivity index (χ2n) is 4.55. The number of aliphatic imine (C=N–C) groups is 1. The highest BCUT2D eigenvalue weighted by Gasteiger charge is 2.19. The summed E-state index contributed by atoms with van der Waals surface area (Å²) in [5.74, 6) is 0.591. The van der Waals surface area contributed by atoms with Crippen LogP contribution in [0.1, 0.15) is 26.3 Å². The lowest BCUT2D eigenvalue weighted by Gasteiger charge is -2.21. The first kappa shape index (κ1) is 12.3. The Hall–Kier alpha value is -0.820. The van der Waals surface area contributed by atoms with Gasteiger partial charge in [0.25, 0.3) is 0 Å². The van der Waals surface area contributed by atoms with Gasteiger partial charge in [0.15, 0.2) is 0 Å². The molecular weight excluding hydrogens is 206 g/mol. The SMILES string of the molecule is CC(=Nc1ccc(C)cc1)C(C)(C)CCl. The number of alkyl halides is 1. The van der Waals surface area contributed by atoms with E-state index in [0.717, 1.165) is 11.4 Å². The second-order valence-corrected chi connectivity index (χ2v) is 4.82. The van der Waals surface area contributed by atoms with Gasteiger partial charge in [-0.25, -0.2) is 0 Å². The van der Waals surface area contributed by atoms with Crippen molar-refractivity contribution in [3.05, 3.63) is 29.8 Å². The molecule has 1 nitrogen and oxygen atoms in total. The summed E-state index contributed by atoms with van der Waals surface area (Å²) in [6.45, 7) is 8.31. The van der Waals surface area contributed by atoms with Gasteiger partial charge in [-0.3, -0.25) is 4.99 Å². The van der Waals surface area contributed by atoms with Crippen LogP contribution in [0.3, 0.4) is 0 Å². The van der Waals surface area contributed by atoms with Crippen LogP contribution in [0.2, 0.25) is 0 Å². The van der Waals surface area contributed by atoms with Gasteiger partial charge in [-0.2, -0.15) is 0 Å². The van der Waals surface area contributed by atoms with Crippen LogP contribution in [0, 0.1) is 12.3 Å². The zero-order chi connectivity index (χ0) is 11.5. The van der Waals surface area contributed by atoms with Crippen LogP contribution in [0.15, 0.2) is 29.3 Å². The van der Waals surface area contributed by atoms with E-state index in [9.17, 15) is 0 Å². The van der Waals surface area contributed by atoms with Gasteiger partial charge in [-0.15, -0.1) is 11.6 Å². The molecule has 0 N–H and O–H groups in total. The largest absolute Gasteiger partial charge is 0.258 e. The van der Waals surface area contributed by atoms with Crippen LogP contribution in [-0.4, -0.2) is 11.6 Å². The molecule has 15 heavy (non-hydrogen) atoms. The lowest BCUT2D eigenvalue weighted by Crippen LogP contribution is -2.23. The molecule has 1 aromatic carbocycles. The van der Waals surface area contributed by atoms with E-state index in [1.807, 2.05) is 19.1 Å². The zero-order valence-corrected chi connectivity index (χ0v) is 10.6. The van der Waals surface area contributed by atoms with Gasteiger partial charge in [0.2, 0.25) is 0 Å². The minimum Gasteiger partial charge on any atom is -0.258 e. The molecule has 0 saturated carbocycles. The molecule has 0 amide bonds. The molecule has 0 heterocycles. The van der Waals surface area contributed by atoms with Crippen LogP contribution in [0.25, 0.3) is 0 Å². The molecule has 0 saturated heterocycles. The Morgan fingerprint density at radius 3 is 2.27 bits per heavy atom. The van der Waals surface area contributed by atoms with Gasteiger partial charge in [-0.1, -0.05) is 31.5 Å². The predicted octanol–water partition coefficient (Wildman–Crippen LogP) is 4.35. The van der Waals surface area contributed by atoms with Crippen molar-refractivity contribution in [2.24, 2.45) is 10.4 Å². The second kappa shape index (κ2) is 4.80. The number of hydrogen-bond donors (Lipinski definition) is 0. The van der Waals surface area contributed by atoms with E-state index in [4.69, 9.17) is 11.6 Å². The van der Waals surface area contributed by atoms with Crippen LogP contribution in [0.4, 0.5) is 5.69 Å². The zero-order valence-electron chi connectivity index (χ0n) is 9.84. The van der Waals surface area contributed by atoms with E-state index in [2.05, 4.69) is 37.9 Å². The molecule has 0 aromatic heterocycles. The highest BCUT2D eigenvalue weighted by Crippen LogP contribution is 2.23. The fraction of sp³-hybridized carbons (Fsp3) is 0.462. The molecule has 0 spiro atoms. The maximum absolute atomic E-state index is 5.90. The molecule has 0 unspecified atom stereocenters. The molecule has 0 atom stereocenters. The molecule has 1 aromatic rings. The summed E-state index contributed by atoms with van der Waals surface area (Å²) >= 11 is 5.90. The minimum atomic E-state index is -0.0353. The van der Waals surface area contributed by atoms with E-state index in [0.29, 0.717) is 5.88 Å². The van der Waals surface area contributed by atoms with Crippen molar-refractivity contribution < 1.29 is 0 Å². The first-order valence-electron chi connectivity index (χ1n) is 5.14. The number of nitrogens with zero attached hydrogens (tertiary/aromatic N) is 1. The van der Waals surface area contributed by atoms with Gasteiger partial charge in [0.1, 0.15) is 0 Å². The van der Waals surface area contributed by atoms with Crippen LogP contribution >= 0.6 is 11.6 Å². The molecule has 0 aliphatic carbocycles.